The van der Waals surface area contributed by atoms with Crippen LogP contribution in [0, 0.1) is 6.92 Å². The number of aryl methyl sites for hydroxylation is 1. The van der Waals surface area contributed by atoms with Crippen LogP contribution in [0.1, 0.15) is 24.6 Å². The van der Waals surface area contributed by atoms with E-state index < -0.39 is 0 Å². The van der Waals surface area contributed by atoms with E-state index in [4.69, 9.17) is 11.6 Å². The fourth-order valence-electron chi connectivity index (χ4n) is 1.73. The minimum Gasteiger partial charge on any atom is -0.313 e. The first-order valence-electron chi connectivity index (χ1n) is 6.08. The molecule has 0 aliphatic heterocycles. The molecule has 0 spiro atoms. The number of hydrogen-bond donors (Lipinski definition) is 1. The van der Waals surface area contributed by atoms with Gasteiger partial charge < -0.3 is 5.32 Å². The number of hydrogen-bond acceptors (Lipinski definition) is 3. The Morgan fingerprint density at radius 1 is 1.44 bits per heavy atom. The molecule has 18 heavy (non-hydrogen) atoms. The molecule has 0 aliphatic carbocycles. The van der Waals surface area contributed by atoms with E-state index in [1.54, 1.807) is 10.9 Å². The van der Waals surface area contributed by atoms with Crippen molar-refractivity contribution in [1.82, 2.24) is 20.1 Å². The second kappa shape index (κ2) is 5.98. The van der Waals surface area contributed by atoms with Crippen LogP contribution in [0.5, 0.6) is 0 Å². The molecular weight excluding hydrogens is 248 g/mol. The summed E-state index contributed by atoms with van der Waals surface area (Å²) in [7, 11) is 0. The highest BCUT2D eigenvalue weighted by molar-refractivity contribution is 6.31. The number of rotatable bonds is 5. The number of nitrogens with zero attached hydrogens (tertiary/aromatic N) is 3. The van der Waals surface area contributed by atoms with Crippen molar-refractivity contribution in [2.45, 2.75) is 26.8 Å². The van der Waals surface area contributed by atoms with E-state index in [1.807, 2.05) is 25.4 Å². The lowest BCUT2D eigenvalue weighted by molar-refractivity contribution is 0.669. The molecule has 0 aromatic carbocycles. The Hall–Kier alpha value is -1.39. The molecule has 4 nitrogen and oxygen atoms in total. The summed E-state index contributed by atoms with van der Waals surface area (Å²) in [4.78, 5) is 4.16. The Kier molecular flexibility index (Phi) is 4.33. The van der Waals surface area contributed by atoms with E-state index in [2.05, 4.69) is 22.3 Å². The summed E-state index contributed by atoms with van der Waals surface area (Å²) >= 11 is 6.04. The fourth-order valence-corrected chi connectivity index (χ4v) is 1.86. The van der Waals surface area contributed by atoms with Crippen LogP contribution in [0.3, 0.4) is 0 Å². The molecular formula is C13H17ClN4. The van der Waals surface area contributed by atoms with Gasteiger partial charge in [-0.2, -0.15) is 5.10 Å². The molecule has 0 unspecified atom stereocenters. The first kappa shape index (κ1) is 13.1. The number of aromatic nitrogens is 3. The highest BCUT2D eigenvalue weighted by Gasteiger charge is 2.08. The van der Waals surface area contributed by atoms with Gasteiger partial charge in [-0.15, -0.1) is 0 Å². The molecule has 0 bridgehead atoms. The zero-order valence-electron chi connectivity index (χ0n) is 10.7. The van der Waals surface area contributed by atoms with E-state index in [0.717, 1.165) is 36.5 Å². The lowest BCUT2D eigenvalue weighted by Crippen LogP contribution is -2.15. The van der Waals surface area contributed by atoms with Crippen LogP contribution in [-0.2, 0) is 6.54 Å². The van der Waals surface area contributed by atoms with Crippen molar-refractivity contribution in [1.29, 1.82) is 0 Å². The Balaban J connectivity index is 2.26. The smallest absolute Gasteiger partial charge is 0.0874 e. The molecule has 2 rings (SSSR count). The molecule has 2 heterocycles. The van der Waals surface area contributed by atoms with Crippen molar-refractivity contribution in [3.63, 3.8) is 0 Å². The molecule has 0 radical (unpaired) electrons. The second-order valence-corrected chi connectivity index (χ2v) is 4.60. The Labute approximate surface area is 112 Å². The van der Waals surface area contributed by atoms with E-state index >= 15 is 0 Å². The molecule has 0 saturated carbocycles. The number of nitrogens with one attached hydrogen (secondary N) is 1. The highest BCUT2D eigenvalue weighted by Crippen LogP contribution is 2.18. The van der Waals surface area contributed by atoms with E-state index in [9.17, 15) is 0 Å². The van der Waals surface area contributed by atoms with E-state index in [0.29, 0.717) is 5.02 Å². The maximum absolute atomic E-state index is 6.04. The van der Waals surface area contributed by atoms with Crippen molar-refractivity contribution in [2.24, 2.45) is 0 Å². The normalized spacial score (nSPS) is 10.8. The van der Waals surface area contributed by atoms with Gasteiger partial charge in [0.1, 0.15) is 0 Å². The third kappa shape index (κ3) is 2.89. The topological polar surface area (TPSA) is 42.7 Å². The number of halogens is 1. The van der Waals surface area contributed by atoms with Crippen LogP contribution in [0.25, 0.3) is 5.69 Å². The maximum atomic E-state index is 6.04. The first-order chi connectivity index (χ1) is 8.72. The third-order valence-corrected chi connectivity index (χ3v) is 3.09. The van der Waals surface area contributed by atoms with Gasteiger partial charge in [-0.3, -0.25) is 4.98 Å². The number of pyridine rings is 1. The SMILES string of the molecule is CCCNCc1ccncc1-n1cc(Cl)c(C)n1. The molecule has 1 N–H and O–H groups in total. The maximum Gasteiger partial charge on any atom is 0.0874 e. The van der Waals surface area contributed by atoms with Crippen molar-refractivity contribution in [3.8, 4) is 5.69 Å². The van der Waals surface area contributed by atoms with Gasteiger partial charge in [0.05, 0.1) is 22.6 Å². The van der Waals surface area contributed by atoms with Crippen LogP contribution in [0.4, 0.5) is 0 Å². The van der Waals surface area contributed by atoms with Crippen LogP contribution in [-0.4, -0.2) is 21.3 Å². The predicted octanol–water partition coefficient (Wildman–Crippen LogP) is 2.73. The molecule has 2 aromatic rings. The van der Waals surface area contributed by atoms with Gasteiger partial charge in [-0.1, -0.05) is 18.5 Å². The molecule has 5 heteroatoms. The molecule has 0 saturated heterocycles. The average Bonchev–Trinajstić information content (AvgIpc) is 2.70. The Morgan fingerprint density at radius 2 is 2.28 bits per heavy atom. The minimum atomic E-state index is 0.673. The van der Waals surface area contributed by atoms with Crippen LogP contribution in [0.15, 0.2) is 24.7 Å². The largest absolute Gasteiger partial charge is 0.313 e. The summed E-state index contributed by atoms with van der Waals surface area (Å²) in [6, 6.07) is 2.00. The zero-order valence-corrected chi connectivity index (χ0v) is 11.4. The summed E-state index contributed by atoms with van der Waals surface area (Å²) < 4.78 is 1.79. The Bertz CT molecular complexity index is 502. The lowest BCUT2D eigenvalue weighted by Gasteiger charge is -2.09. The van der Waals surface area contributed by atoms with Gasteiger partial charge in [0, 0.05) is 18.9 Å². The monoisotopic (exact) mass is 264 g/mol. The molecule has 0 fully saturated rings. The summed E-state index contributed by atoms with van der Waals surface area (Å²) in [5.41, 5.74) is 2.96. The summed E-state index contributed by atoms with van der Waals surface area (Å²) in [5.74, 6) is 0. The van der Waals surface area contributed by atoms with Crippen molar-refractivity contribution < 1.29 is 0 Å². The third-order valence-electron chi connectivity index (χ3n) is 2.72. The average molecular weight is 265 g/mol. The van der Waals surface area contributed by atoms with E-state index in [-0.39, 0.29) is 0 Å². The molecule has 2 aromatic heterocycles. The van der Waals surface area contributed by atoms with Gasteiger partial charge in [0.25, 0.3) is 0 Å². The van der Waals surface area contributed by atoms with Crippen LogP contribution < -0.4 is 5.32 Å². The predicted molar refractivity (Wildman–Crippen MR) is 73.1 cm³/mol. The summed E-state index contributed by atoms with van der Waals surface area (Å²) in [6.07, 6.45) is 6.54. The lowest BCUT2D eigenvalue weighted by atomic mass is 10.2. The Morgan fingerprint density at radius 3 is 2.94 bits per heavy atom. The van der Waals surface area contributed by atoms with Crippen LogP contribution in [0.2, 0.25) is 5.02 Å². The first-order valence-corrected chi connectivity index (χ1v) is 6.46. The summed E-state index contributed by atoms with van der Waals surface area (Å²) in [5, 5.41) is 8.44. The second-order valence-electron chi connectivity index (χ2n) is 4.19. The van der Waals surface area contributed by atoms with Crippen molar-refractivity contribution >= 4 is 11.6 Å². The van der Waals surface area contributed by atoms with Gasteiger partial charge in [0.15, 0.2) is 0 Å². The molecule has 96 valence electrons. The summed E-state index contributed by atoms with van der Waals surface area (Å²) in [6.45, 7) is 5.85. The van der Waals surface area contributed by atoms with Crippen molar-refractivity contribution in [3.05, 3.63) is 40.9 Å². The molecule has 0 aliphatic rings. The molecule has 0 atom stereocenters. The van der Waals surface area contributed by atoms with E-state index in [1.165, 1.54) is 0 Å². The van der Waals surface area contributed by atoms with Crippen LogP contribution >= 0.6 is 11.6 Å². The quantitative estimate of drug-likeness (QED) is 0.845. The van der Waals surface area contributed by atoms with Crippen molar-refractivity contribution in [2.75, 3.05) is 6.54 Å². The standard InChI is InChI=1S/C13H17ClN4/c1-3-5-15-7-11-4-6-16-8-13(11)18-9-12(14)10(2)17-18/h4,6,8-9,15H,3,5,7H2,1-2H3. The highest BCUT2D eigenvalue weighted by atomic mass is 35.5. The molecule has 0 amide bonds. The van der Waals surface area contributed by atoms with Gasteiger partial charge in [-0.25, -0.2) is 4.68 Å². The van der Waals surface area contributed by atoms with Gasteiger partial charge in [-0.05, 0) is 31.5 Å². The minimum absolute atomic E-state index is 0.673. The van der Waals surface area contributed by atoms with Gasteiger partial charge >= 0.3 is 0 Å². The van der Waals surface area contributed by atoms with Gasteiger partial charge in [0.2, 0.25) is 0 Å². The fraction of sp³-hybridized carbons (Fsp3) is 0.385. The zero-order chi connectivity index (χ0) is 13.0.